The van der Waals surface area contributed by atoms with Gasteiger partial charge in [-0.1, -0.05) is 170 Å². The predicted molar refractivity (Wildman–Crippen MR) is 497 cm³/mol. The van der Waals surface area contributed by atoms with Crippen molar-refractivity contribution in [1.82, 2.24) is 115 Å². The number of hydrogen-bond donors (Lipinski definition) is 12. The van der Waals surface area contributed by atoms with Crippen molar-refractivity contribution < 1.29 is 68.2 Å². The number of aryl methyl sites for hydroxylation is 2. The lowest BCUT2D eigenvalue weighted by molar-refractivity contribution is -0.160. The van der Waals surface area contributed by atoms with Crippen molar-refractivity contribution in [2.24, 2.45) is 20.0 Å². The van der Waals surface area contributed by atoms with Gasteiger partial charge in [0.2, 0.25) is 0 Å². The van der Waals surface area contributed by atoms with E-state index < -0.39 is 101 Å². The Morgan fingerprint density at radius 3 is 1.35 bits per heavy atom. The Kier molecular flexibility index (Phi) is 32.1. The van der Waals surface area contributed by atoms with Gasteiger partial charge >= 0.3 is 0 Å². The van der Waals surface area contributed by atoms with Crippen molar-refractivity contribution in [3.63, 3.8) is 0 Å². The Labute approximate surface area is 773 Å². The second kappa shape index (κ2) is 42.6. The monoisotopic (exact) mass is 1900 g/mol. The van der Waals surface area contributed by atoms with Gasteiger partial charge in [0.1, 0.15) is 130 Å². The Bertz CT molecular complexity index is 5790. The second-order valence-corrected chi connectivity index (χ2v) is 38.2. The highest BCUT2D eigenvalue weighted by Crippen LogP contribution is 2.53. The van der Waals surface area contributed by atoms with Gasteiger partial charge in [-0.3, -0.25) is 20.0 Å². The minimum Gasteiger partial charge on any atom is -0.388 e. The van der Waals surface area contributed by atoms with Crippen molar-refractivity contribution in [2.45, 2.75) is 253 Å². The summed E-state index contributed by atoms with van der Waals surface area (Å²) in [7, 11) is -3.84. The highest BCUT2D eigenvalue weighted by Gasteiger charge is 2.54. The number of aliphatic hydroxyl groups excluding tert-OH is 8. The fraction of sp³-hybridized carbons (Fsp3) is 0.518. The van der Waals surface area contributed by atoms with Crippen LogP contribution in [0.5, 0.6) is 0 Å². The molecular weight excluding hydrogens is 1790 g/mol. The molecule has 0 amide bonds. The summed E-state index contributed by atoms with van der Waals surface area (Å²) in [4.78, 5) is 27.2. The lowest BCUT2D eigenvalue weighted by Gasteiger charge is -2.38. The number of aliphatic imine (C=N–C) groups is 4. The Hall–Kier alpha value is -9.51. The summed E-state index contributed by atoms with van der Waals surface area (Å²) >= 11 is 7.30. The van der Waals surface area contributed by atoms with E-state index in [2.05, 4.69) is 115 Å². The molecule has 3 aromatic carbocycles. The van der Waals surface area contributed by atoms with E-state index in [-0.39, 0.29) is 88.0 Å². The zero-order valence-electron chi connectivity index (χ0n) is 69.1. The molecule has 8 saturated heterocycles. The van der Waals surface area contributed by atoms with Crippen molar-refractivity contribution in [1.29, 1.82) is 0 Å². The fourth-order valence-corrected chi connectivity index (χ4v) is 23.0. The van der Waals surface area contributed by atoms with Crippen LogP contribution >= 0.6 is 58.4 Å². The first kappa shape index (κ1) is 98.0. The number of nitrogens with zero attached hydrogens (tertiary/aromatic N) is 23. The van der Waals surface area contributed by atoms with E-state index >= 15 is 0 Å². The number of para-hydroxylation sites is 1. The molecule has 9 aliphatic rings. The molecule has 700 valence electrons. The maximum absolute atomic E-state index is 13.4. The maximum Gasteiger partial charge on any atom is 0.268 e. The van der Waals surface area contributed by atoms with Crippen LogP contribution in [0.3, 0.4) is 0 Å². The zero-order chi connectivity index (χ0) is 87.7. The summed E-state index contributed by atoms with van der Waals surface area (Å²) in [5.74, 6) is 2.29. The number of thioether (sulfide) groups is 4. The first-order valence-corrected chi connectivity index (χ1v) is 47.2. The largest absolute Gasteiger partial charge is 0.388 e. The van der Waals surface area contributed by atoms with Gasteiger partial charge in [-0.2, -0.15) is 10.2 Å². The number of benzene rings is 3. The number of thiophene rings is 1. The van der Waals surface area contributed by atoms with Gasteiger partial charge in [0, 0.05) is 54.9 Å². The Morgan fingerprint density at radius 2 is 0.908 bits per heavy atom. The van der Waals surface area contributed by atoms with E-state index in [1.54, 1.807) is 102 Å². The SMILES string of the molecule is C.C.C.C.CCN=C1N[C@@H]2[C@@H](O)[C@H](O)[C@@H](Cn3cc(-c4cn(S(=O)(=O)c5ccccc5)c5ccccc45)nn3)O[C@@H]2S1.CCN=C1N[C@@H]2[C@@H](O)[C@H](O)[C@@H](Cn3cc(C4(c5ccccc5)CC4)nn3)O[C@@H]2S1.CCN=C1N[C@@H]2[C@@H](O)[C@H](O)[C@@H](Cn3cc(Cn4nc(C)nc4C)nn3)O[C@@H]2S1.CCN=C1N[C@@H]2[C@@H](O)[C@H](O)[C@@H](Cn3cc(Cn4ncnc4-c4cccs4)nn3)O[C@@H]2S1. The topological polar surface area (TPSA) is 520 Å². The number of hydrogen-bond acceptors (Lipinski definition) is 35. The van der Waals surface area contributed by atoms with Gasteiger partial charge in [0.15, 0.2) is 26.5 Å². The molecule has 16 heterocycles. The maximum atomic E-state index is 13.4. The summed E-state index contributed by atoms with van der Waals surface area (Å²) in [6.45, 7) is 15.9. The van der Waals surface area contributed by atoms with Gasteiger partial charge in [-0.15, -0.1) is 31.7 Å². The summed E-state index contributed by atoms with van der Waals surface area (Å²) in [6, 6.07) is 28.2. The molecule has 8 aliphatic heterocycles. The normalized spacial score (nSPS) is 29.0. The quantitative estimate of drug-likeness (QED) is 0.0449. The molecule has 8 aromatic heterocycles. The van der Waals surface area contributed by atoms with Gasteiger partial charge in [-0.05, 0) is 89.6 Å². The smallest absolute Gasteiger partial charge is 0.268 e. The van der Waals surface area contributed by atoms with Crippen LogP contribution in [0.1, 0.15) is 105 Å². The molecule has 1 aliphatic carbocycles. The van der Waals surface area contributed by atoms with Crippen molar-refractivity contribution in [3.05, 3.63) is 174 Å². The predicted octanol–water partition coefficient (Wildman–Crippen LogP) is 4.33. The minimum atomic E-state index is -3.84. The van der Waals surface area contributed by atoms with Crippen LogP contribution in [0.2, 0.25) is 0 Å². The number of amidine groups is 4. The summed E-state index contributed by atoms with van der Waals surface area (Å²) in [5.41, 5.74) is 3.89. The molecule has 1 saturated carbocycles. The molecule has 0 spiro atoms. The fourth-order valence-electron chi connectivity index (χ4n) is 16.1. The first-order chi connectivity index (χ1) is 61.0. The highest BCUT2D eigenvalue weighted by molar-refractivity contribution is 8.15. The van der Waals surface area contributed by atoms with Gasteiger partial charge in [-0.25, -0.2) is 50.4 Å². The zero-order valence-corrected chi connectivity index (χ0v) is 74.0. The molecule has 0 unspecified atom stereocenters. The molecular formula is C83H113N27O14S6. The van der Waals surface area contributed by atoms with Crippen LogP contribution < -0.4 is 21.3 Å². The molecule has 12 N–H and O–H groups in total. The summed E-state index contributed by atoms with van der Waals surface area (Å²) < 4.78 is 62.4. The van der Waals surface area contributed by atoms with E-state index in [4.69, 9.17) is 18.9 Å². The van der Waals surface area contributed by atoms with Crippen LogP contribution in [0.15, 0.2) is 165 Å². The molecule has 0 bridgehead atoms. The molecule has 0 radical (unpaired) electrons. The molecule has 20 atom stereocenters. The van der Waals surface area contributed by atoms with E-state index in [0.29, 0.717) is 84.7 Å². The minimum absolute atomic E-state index is 0. The Balaban J connectivity index is 0.000000147. The number of fused-ring (bicyclic) bond motifs is 5. The van der Waals surface area contributed by atoms with Gasteiger partial charge in [0.05, 0.1) is 103 Å². The molecule has 130 heavy (non-hydrogen) atoms. The molecule has 47 heteroatoms. The number of aliphatic hydroxyl groups is 8. The highest BCUT2D eigenvalue weighted by atomic mass is 32.2. The van der Waals surface area contributed by atoms with Crippen molar-refractivity contribution in [3.8, 4) is 22.0 Å². The van der Waals surface area contributed by atoms with Crippen molar-refractivity contribution in [2.75, 3.05) is 26.2 Å². The van der Waals surface area contributed by atoms with E-state index in [1.165, 1.54) is 67.6 Å². The third kappa shape index (κ3) is 20.9. The van der Waals surface area contributed by atoms with Crippen LogP contribution in [-0.4, -0.2) is 309 Å². The van der Waals surface area contributed by atoms with Crippen LogP contribution in [0.4, 0.5) is 0 Å². The van der Waals surface area contributed by atoms with Gasteiger partial charge < -0.3 is 81.1 Å². The third-order valence-electron chi connectivity index (χ3n) is 22.6. The van der Waals surface area contributed by atoms with Crippen LogP contribution in [0, 0.1) is 13.8 Å². The molecule has 41 nitrogen and oxygen atoms in total. The molecule has 9 fully saturated rings. The molecule has 11 aromatic rings. The van der Waals surface area contributed by atoms with Crippen molar-refractivity contribution >= 4 is 100.0 Å². The van der Waals surface area contributed by atoms with Gasteiger partial charge in [0.25, 0.3) is 10.0 Å². The number of ether oxygens (including phenoxy) is 4. The number of aromatic nitrogens is 19. The van der Waals surface area contributed by atoms with E-state index in [9.17, 15) is 49.3 Å². The van der Waals surface area contributed by atoms with E-state index in [1.807, 2.05) is 95.6 Å². The summed E-state index contributed by atoms with van der Waals surface area (Å²) in [5, 5.41) is 145. The molecule has 20 rings (SSSR count). The second-order valence-electron chi connectivity index (χ2n) is 31.1. The first-order valence-electron chi connectivity index (χ1n) is 41.4. The number of nitrogens with one attached hydrogen (secondary N) is 4. The third-order valence-corrected chi connectivity index (χ3v) is 29.5. The average Bonchev–Trinajstić information content (AvgIpc) is 1.59. The van der Waals surface area contributed by atoms with Crippen LogP contribution in [0.25, 0.3) is 32.9 Å². The lowest BCUT2D eigenvalue weighted by atomic mass is 9.93. The number of rotatable bonds is 22. The summed E-state index contributed by atoms with van der Waals surface area (Å²) in [6.07, 6.45) is 1.74. The van der Waals surface area contributed by atoms with Crippen LogP contribution in [-0.2, 0) is 73.7 Å². The Morgan fingerprint density at radius 1 is 0.485 bits per heavy atom. The lowest BCUT2D eigenvalue weighted by Crippen LogP contribution is -2.59. The standard InChI is InChI=1S/C25H26N6O5S2.C20H25N5O3S.C18H22N8O3S2.C16H24N8O3S.4CH4/c1-2-26-25-27-21-23(33)22(32)20(36-24(21)37-25)14-30-13-18(28-29-30)17-12-31(19-11-7-6-10-16(17)19)38(34,35)15-8-4-3-5-9-15;1-2-21-19-22-15-17(27)16(26)13(28-18(15)29-19)10-25-11-14(23-24-25)20(8-9-20)12-6-4-3-5-7-12;1-2-19-18-22-13-15(28)14(27)11(29-17(13)31-18)8-25-6-10(23-24-25)7-26-16(20-9-21-26)12-4-3-5-30-12;1-4-17-16-19-12-14(26)13(25)11(27-15(12)28-16)7-23-5-10(20-22-23)6-24-9(3)18-8(2)21-24;;;;/h3-13,20-24,32-33H,2,14H2,1H3,(H,26,27);3-7,11,13,15-18,26-27H,2,8-10H2,1H3,(H,21,22);3-6,9,11,13-15,17,27-28H,2,7-8H2,1H3,(H,19,22);5,11-15,25-26H,4,6-7H2,1-3H3,(H,17,19);4*1H4/t20-,21-,22-,23-,24-;13-,15-,16-,17-,18-;11-,13-,14-,15-,17-;11-,12-,13-,14-,15-;;;;/m1111..../s1. The van der Waals surface area contributed by atoms with E-state index in [0.717, 1.165) is 56.3 Å². The average molecular weight is 1910 g/mol.